The first-order chi connectivity index (χ1) is 11.1. The molecule has 0 atom stereocenters. The van der Waals surface area contributed by atoms with E-state index < -0.39 is 0 Å². The van der Waals surface area contributed by atoms with Crippen molar-refractivity contribution < 1.29 is 14.3 Å². The van der Waals surface area contributed by atoms with Gasteiger partial charge in [-0.2, -0.15) is 0 Å². The molecule has 2 N–H and O–H groups in total. The van der Waals surface area contributed by atoms with Crippen molar-refractivity contribution in [1.82, 2.24) is 4.98 Å². The van der Waals surface area contributed by atoms with Gasteiger partial charge >= 0.3 is 0 Å². The van der Waals surface area contributed by atoms with Crippen molar-refractivity contribution in [3.63, 3.8) is 0 Å². The van der Waals surface area contributed by atoms with Crippen molar-refractivity contribution in [1.29, 1.82) is 0 Å². The first-order valence-electron chi connectivity index (χ1n) is 6.92. The molecular formula is C17H15ClN2O3. The van der Waals surface area contributed by atoms with Crippen LogP contribution in [0.5, 0.6) is 11.5 Å². The van der Waals surface area contributed by atoms with Gasteiger partial charge < -0.3 is 19.8 Å². The molecule has 3 rings (SSSR count). The van der Waals surface area contributed by atoms with Crippen LogP contribution in [0.1, 0.15) is 10.4 Å². The van der Waals surface area contributed by atoms with Crippen molar-refractivity contribution in [2.24, 2.45) is 0 Å². The Morgan fingerprint density at radius 1 is 1.13 bits per heavy atom. The van der Waals surface area contributed by atoms with Crippen LogP contribution in [0.2, 0.25) is 5.02 Å². The lowest BCUT2D eigenvalue weighted by molar-refractivity contribution is 0.102. The fraction of sp³-hybridized carbons (Fsp3) is 0.118. The number of carbonyl (C=O) groups excluding carboxylic acids is 1. The number of hydrogen-bond acceptors (Lipinski definition) is 3. The summed E-state index contributed by atoms with van der Waals surface area (Å²) in [5.74, 6) is 0.948. The highest BCUT2D eigenvalue weighted by atomic mass is 35.5. The van der Waals surface area contributed by atoms with Gasteiger partial charge in [-0.15, -0.1) is 0 Å². The van der Waals surface area contributed by atoms with Crippen LogP contribution in [0.15, 0.2) is 42.6 Å². The van der Waals surface area contributed by atoms with Gasteiger partial charge in [-0.1, -0.05) is 17.7 Å². The fourth-order valence-corrected chi connectivity index (χ4v) is 2.55. The van der Waals surface area contributed by atoms with Gasteiger partial charge in [0.1, 0.15) is 11.5 Å². The molecule has 2 aromatic carbocycles. The summed E-state index contributed by atoms with van der Waals surface area (Å²) < 4.78 is 10.4. The number of fused-ring (bicyclic) bond motifs is 1. The van der Waals surface area contributed by atoms with E-state index in [2.05, 4.69) is 10.3 Å². The summed E-state index contributed by atoms with van der Waals surface area (Å²) in [6.07, 6.45) is 1.66. The number of halogens is 1. The number of ether oxygens (including phenoxy) is 2. The molecule has 0 aliphatic carbocycles. The second-order valence-electron chi connectivity index (χ2n) is 4.91. The third-order valence-electron chi connectivity index (χ3n) is 3.55. The fourth-order valence-electron chi connectivity index (χ4n) is 2.38. The Labute approximate surface area is 138 Å². The SMILES string of the molecule is COc1ccc(NC(=O)c2c[nH]c3cc(Cl)ccc23)c(OC)c1. The highest BCUT2D eigenvalue weighted by Gasteiger charge is 2.15. The summed E-state index contributed by atoms with van der Waals surface area (Å²) in [5, 5.41) is 4.27. The molecule has 3 aromatic rings. The van der Waals surface area contributed by atoms with E-state index in [1.165, 1.54) is 7.11 Å². The molecule has 0 aliphatic rings. The number of aromatic nitrogens is 1. The van der Waals surface area contributed by atoms with Gasteiger partial charge in [0, 0.05) is 28.2 Å². The second-order valence-corrected chi connectivity index (χ2v) is 5.35. The molecule has 1 aromatic heterocycles. The lowest BCUT2D eigenvalue weighted by atomic mass is 10.1. The van der Waals surface area contributed by atoms with Gasteiger partial charge in [-0.25, -0.2) is 0 Å². The monoisotopic (exact) mass is 330 g/mol. The van der Waals surface area contributed by atoms with Gasteiger partial charge in [-0.05, 0) is 24.3 Å². The smallest absolute Gasteiger partial charge is 0.257 e. The number of hydrogen-bond donors (Lipinski definition) is 2. The maximum atomic E-state index is 12.5. The third kappa shape index (κ3) is 2.96. The Hall–Kier alpha value is -2.66. The summed E-state index contributed by atoms with van der Waals surface area (Å²) in [5.41, 5.74) is 1.92. The van der Waals surface area contributed by atoms with Crippen LogP contribution in [0, 0.1) is 0 Å². The zero-order valence-corrected chi connectivity index (χ0v) is 13.4. The van der Waals surface area contributed by atoms with Gasteiger partial charge in [0.2, 0.25) is 0 Å². The van der Waals surface area contributed by atoms with E-state index in [4.69, 9.17) is 21.1 Å². The molecule has 0 saturated carbocycles. The number of methoxy groups -OCH3 is 2. The number of benzene rings is 2. The minimum absolute atomic E-state index is 0.234. The molecule has 118 valence electrons. The normalized spacial score (nSPS) is 10.6. The summed E-state index contributed by atoms with van der Waals surface area (Å²) in [7, 11) is 3.11. The summed E-state index contributed by atoms with van der Waals surface area (Å²) in [6, 6.07) is 10.6. The van der Waals surface area contributed by atoms with E-state index in [1.807, 2.05) is 6.07 Å². The van der Waals surface area contributed by atoms with Gasteiger partial charge in [0.05, 0.1) is 25.5 Å². The summed E-state index contributed by atoms with van der Waals surface area (Å²) in [6.45, 7) is 0. The molecular weight excluding hydrogens is 316 g/mol. The van der Waals surface area contributed by atoms with Gasteiger partial charge in [0.25, 0.3) is 5.91 Å². The quantitative estimate of drug-likeness (QED) is 0.757. The molecule has 6 heteroatoms. The van der Waals surface area contributed by atoms with E-state index in [1.54, 1.807) is 43.6 Å². The zero-order chi connectivity index (χ0) is 16.4. The van der Waals surface area contributed by atoms with Crippen molar-refractivity contribution in [3.8, 4) is 11.5 Å². The first kappa shape index (κ1) is 15.2. The molecule has 0 spiro atoms. The van der Waals surface area contributed by atoms with Crippen molar-refractivity contribution in [2.45, 2.75) is 0 Å². The number of amides is 1. The van der Waals surface area contributed by atoms with E-state index in [0.29, 0.717) is 27.8 Å². The molecule has 1 heterocycles. The standard InChI is InChI=1S/C17H15ClN2O3/c1-22-11-4-6-14(16(8-11)23-2)20-17(21)13-9-19-15-7-10(18)3-5-12(13)15/h3-9,19H,1-2H3,(H,20,21). The number of rotatable bonds is 4. The molecule has 0 unspecified atom stereocenters. The van der Waals surface area contributed by atoms with Gasteiger partial charge in [0.15, 0.2) is 0 Å². The van der Waals surface area contributed by atoms with Crippen LogP contribution in [-0.4, -0.2) is 25.1 Å². The maximum Gasteiger partial charge on any atom is 0.257 e. The molecule has 23 heavy (non-hydrogen) atoms. The minimum atomic E-state index is -0.234. The van der Waals surface area contributed by atoms with Crippen LogP contribution in [0.4, 0.5) is 5.69 Å². The van der Waals surface area contributed by atoms with E-state index >= 15 is 0 Å². The molecule has 5 nitrogen and oxygen atoms in total. The average molecular weight is 331 g/mol. The predicted octanol–water partition coefficient (Wildman–Crippen LogP) is 4.09. The maximum absolute atomic E-state index is 12.5. The Morgan fingerprint density at radius 2 is 1.96 bits per heavy atom. The lowest BCUT2D eigenvalue weighted by Gasteiger charge is -2.11. The van der Waals surface area contributed by atoms with E-state index in [9.17, 15) is 4.79 Å². The highest BCUT2D eigenvalue weighted by Crippen LogP contribution is 2.30. The van der Waals surface area contributed by atoms with Crippen LogP contribution in [0.3, 0.4) is 0 Å². The van der Waals surface area contributed by atoms with E-state index in [-0.39, 0.29) is 5.91 Å². The van der Waals surface area contributed by atoms with Crippen molar-refractivity contribution >= 4 is 34.1 Å². The van der Waals surface area contributed by atoms with Crippen LogP contribution >= 0.6 is 11.6 Å². The first-order valence-corrected chi connectivity index (χ1v) is 7.30. The number of aromatic amines is 1. The zero-order valence-electron chi connectivity index (χ0n) is 12.6. The van der Waals surface area contributed by atoms with E-state index in [0.717, 1.165) is 10.9 Å². The average Bonchev–Trinajstić information content (AvgIpc) is 2.98. The number of nitrogens with one attached hydrogen (secondary N) is 2. The third-order valence-corrected chi connectivity index (χ3v) is 3.78. The number of H-pyrrole nitrogens is 1. The predicted molar refractivity (Wildman–Crippen MR) is 90.8 cm³/mol. The molecule has 0 bridgehead atoms. The van der Waals surface area contributed by atoms with Crippen LogP contribution in [-0.2, 0) is 0 Å². The summed E-state index contributed by atoms with van der Waals surface area (Å²) in [4.78, 5) is 15.6. The Bertz CT molecular complexity index is 873. The number of anilines is 1. The molecule has 0 saturated heterocycles. The highest BCUT2D eigenvalue weighted by molar-refractivity contribution is 6.31. The lowest BCUT2D eigenvalue weighted by Crippen LogP contribution is -2.12. The minimum Gasteiger partial charge on any atom is -0.497 e. The molecule has 0 aliphatic heterocycles. The van der Waals surface area contributed by atoms with Crippen molar-refractivity contribution in [2.75, 3.05) is 19.5 Å². The Balaban J connectivity index is 1.92. The molecule has 0 fully saturated rings. The van der Waals surface area contributed by atoms with Gasteiger partial charge in [-0.3, -0.25) is 4.79 Å². The van der Waals surface area contributed by atoms with Crippen LogP contribution < -0.4 is 14.8 Å². The van der Waals surface area contributed by atoms with Crippen molar-refractivity contribution in [3.05, 3.63) is 53.2 Å². The second kappa shape index (κ2) is 6.22. The largest absolute Gasteiger partial charge is 0.497 e. The number of carbonyl (C=O) groups is 1. The molecule has 1 amide bonds. The molecule has 0 radical (unpaired) electrons. The Kier molecular flexibility index (Phi) is 4.12. The van der Waals surface area contributed by atoms with Crippen LogP contribution in [0.25, 0.3) is 10.9 Å². The Morgan fingerprint density at radius 3 is 2.70 bits per heavy atom. The summed E-state index contributed by atoms with van der Waals surface area (Å²) >= 11 is 5.96. The topological polar surface area (TPSA) is 63.3 Å².